The van der Waals surface area contributed by atoms with Gasteiger partial charge in [0.1, 0.15) is 5.82 Å². The molecule has 1 aliphatic rings. The molecule has 0 aliphatic carbocycles. The fourth-order valence-electron chi connectivity index (χ4n) is 2.70. The van der Waals surface area contributed by atoms with Crippen LogP contribution in [0.15, 0.2) is 18.2 Å². The van der Waals surface area contributed by atoms with E-state index in [2.05, 4.69) is 17.1 Å². The summed E-state index contributed by atoms with van der Waals surface area (Å²) >= 11 is 0. The Bertz CT molecular complexity index is 425. The number of ether oxygens (including phenoxy) is 1. The Kier molecular flexibility index (Phi) is 5.80. The quantitative estimate of drug-likeness (QED) is 0.867. The van der Waals surface area contributed by atoms with Gasteiger partial charge in [-0.1, -0.05) is 13.0 Å². The molecule has 0 amide bonds. The fraction of sp³-hybridized carbons (Fsp3) is 0.625. The van der Waals surface area contributed by atoms with E-state index in [0.717, 1.165) is 44.5 Å². The van der Waals surface area contributed by atoms with E-state index in [1.165, 1.54) is 0 Å². The molecule has 1 heterocycles. The maximum Gasteiger partial charge on any atom is 0.146 e. The lowest BCUT2D eigenvalue weighted by atomic mass is 10.1. The Balaban J connectivity index is 2.02. The molecule has 0 saturated carbocycles. The molecule has 1 saturated heterocycles. The second kappa shape index (κ2) is 7.60. The molecule has 1 aromatic carbocycles. The van der Waals surface area contributed by atoms with Gasteiger partial charge in [-0.2, -0.15) is 0 Å². The zero-order chi connectivity index (χ0) is 14.4. The number of halogens is 1. The highest BCUT2D eigenvalue weighted by molar-refractivity contribution is 5.49. The van der Waals surface area contributed by atoms with Gasteiger partial charge in [0.05, 0.1) is 11.8 Å². The fourth-order valence-corrected chi connectivity index (χ4v) is 2.70. The third-order valence-corrected chi connectivity index (χ3v) is 3.67. The molecule has 0 aromatic heterocycles. The molecular weight excluding hydrogens is 255 g/mol. The highest BCUT2D eigenvalue weighted by Gasteiger charge is 2.22. The van der Waals surface area contributed by atoms with Gasteiger partial charge in [0, 0.05) is 26.2 Å². The number of hydrogen-bond donors (Lipinski definition) is 1. The van der Waals surface area contributed by atoms with Crippen LogP contribution >= 0.6 is 0 Å². The molecule has 4 heteroatoms. The van der Waals surface area contributed by atoms with Crippen molar-refractivity contribution in [2.75, 3.05) is 31.6 Å². The minimum Gasteiger partial charge on any atom is -0.376 e. The van der Waals surface area contributed by atoms with Gasteiger partial charge in [-0.3, -0.25) is 0 Å². The van der Waals surface area contributed by atoms with Gasteiger partial charge in [-0.25, -0.2) is 4.39 Å². The van der Waals surface area contributed by atoms with Crippen molar-refractivity contribution in [1.82, 2.24) is 5.32 Å². The van der Waals surface area contributed by atoms with Crippen LogP contribution in [0, 0.1) is 5.82 Å². The van der Waals surface area contributed by atoms with Crippen molar-refractivity contribution in [3.05, 3.63) is 29.6 Å². The molecule has 20 heavy (non-hydrogen) atoms. The summed E-state index contributed by atoms with van der Waals surface area (Å²) in [4.78, 5) is 2.11. The first-order valence-electron chi connectivity index (χ1n) is 7.54. The summed E-state index contributed by atoms with van der Waals surface area (Å²) in [6.07, 6.45) is 3.41. The van der Waals surface area contributed by atoms with Crippen molar-refractivity contribution >= 4 is 5.69 Å². The second-order valence-electron chi connectivity index (χ2n) is 5.40. The molecule has 1 atom stereocenters. The SMILES string of the molecule is CCCOC1CCCN(c2ccc(CNC)cc2F)C1. The lowest BCUT2D eigenvalue weighted by Gasteiger charge is -2.34. The third-order valence-electron chi connectivity index (χ3n) is 3.67. The van der Waals surface area contributed by atoms with Gasteiger partial charge in [0.2, 0.25) is 0 Å². The largest absolute Gasteiger partial charge is 0.376 e. The number of anilines is 1. The van der Waals surface area contributed by atoms with E-state index in [0.29, 0.717) is 12.2 Å². The minimum atomic E-state index is -0.131. The molecule has 1 N–H and O–H groups in total. The van der Waals surface area contributed by atoms with E-state index in [1.807, 2.05) is 19.2 Å². The highest BCUT2D eigenvalue weighted by atomic mass is 19.1. The van der Waals surface area contributed by atoms with Crippen molar-refractivity contribution in [1.29, 1.82) is 0 Å². The average Bonchev–Trinajstić information content (AvgIpc) is 2.46. The summed E-state index contributed by atoms with van der Waals surface area (Å²) in [6.45, 7) is 5.30. The molecule has 3 nitrogen and oxygen atoms in total. The Hall–Kier alpha value is -1.13. The standard InChI is InChI=1S/C16H25FN2O/c1-3-9-20-14-5-4-8-19(12-14)16-7-6-13(11-18-2)10-15(16)17/h6-7,10,14,18H,3-5,8-9,11-12H2,1-2H3. The Morgan fingerprint density at radius 3 is 3.00 bits per heavy atom. The summed E-state index contributed by atoms with van der Waals surface area (Å²) in [7, 11) is 1.87. The number of benzene rings is 1. The van der Waals surface area contributed by atoms with Crippen LogP contribution < -0.4 is 10.2 Å². The van der Waals surface area contributed by atoms with E-state index in [4.69, 9.17) is 4.74 Å². The first-order chi connectivity index (χ1) is 9.74. The zero-order valence-electron chi connectivity index (χ0n) is 12.5. The summed E-state index contributed by atoms with van der Waals surface area (Å²) < 4.78 is 20.0. The van der Waals surface area contributed by atoms with E-state index in [-0.39, 0.29) is 11.9 Å². The first-order valence-corrected chi connectivity index (χ1v) is 7.54. The van der Waals surface area contributed by atoms with Gasteiger partial charge in [0.15, 0.2) is 0 Å². The van der Waals surface area contributed by atoms with Gasteiger partial charge in [0.25, 0.3) is 0 Å². The van der Waals surface area contributed by atoms with Gasteiger partial charge in [-0.15, -0.1) is 0 Å². The lowest BCUT2D eigenvalue weighted by Crippen LogP contribution is -2.40. The van der Waals surface area contributed by atoms with E-state index >= 15 is 0 Å². The van der Waals surface area contributed by atoms with Crippen LogP contribution in [0.1, 0.15) is 31.7 Å². The van der Waals surface area contributed by atoms with Gasteiger partial charge < -0.3 is 15.0 Å². The van der Waals surface area contributed by atoms with Crippen LogP contribution in [-0.4, -0.2) is 32.8 Å². The molecule has 112 valence electrons. The molecule has 1 fully saturated rings. The Morgan fingerprint density at radius 1 is 1.45 bits per heavy atom. The summed E-state index contributed by atoms with van der Waals surface area (Å²) in [5.74, 6) is -0.131. The first kappa shape index (κ1) is 15.3. The smallest absolute Gasteiger partial charge is 0.146 e. The lowest BCUT2D eigenvalue weighted by molar-refractivity contribution is 0.0439. The van der Waals surface area contributed by atoms with E-state index in [1.54, 1.807) is 6.07 Å². The van der Waals surface area contributed by atoms with Crippen molar-refractivity contribution in [2.24, 2.45) is 0 Å². The normalized spacial score (nSPS) is 19.4. The van der Waals surface area contributed by atoms with Crippen LogP contribution in [0.4, 0.5) is 10.1 Å². The number of nitrogens with one attached hydrogen (secondary N) is 1. The average molecular weight is 280 g/mol. The molecular formula is C16H25FN2O. The van der Waals surface area contributed by atoms with Crippen LogP contribution in [0.2, 0.25) is 0 Å². The van der Waals surface area contributed by atoms with E-state index < -0.39 is 0 Å². The van der Waals surface area contributed by atoms with E-state index in [9.17, 15) is 4.39 Å². The minimum absolute atomic E-state index is 0.131. The molecule has 2 rings (SSSR count). The molecule has 1 aliphatic heterocycles. The molecule has 0 spiro atoms. The molecule has 0 bridgehead atoms. The van der Waals surface area contributed by atoms with Crippen molar-refractivity contribution in [3.63, 3.8) is 0 Å². The zero-order valence-corrected chi connectivity index (χ0v) is 12.5. The Labute approximate surface area is 121 Å². The predicted octanol–water partition coefficient (Wildman–Crippen LogP) is 2.94. The number of nitrogens with zero attached hydrogens (tertiary/aromatic N) is 1. The Morgan fingerprint density at radius 2 is 2.30 bits per heavy atom. The number of rotatable bonds is 6. The van der Waals surface area contributed by atoms with Crippen LogP contribution in [0.5, 0.6) is 0 Å². The van der Waals surface area contributed by atoms with Crippen LogP contribution in [-0.2, 0) is 11.3 Å². The maximum absolute atomic E-state index is 14.2. The highest BCUT2D eigenvalue weighted by Crippen LogP contribution is 2.25. The summed E-state index contributed by atoms with van der Waals surface area (Å²) in [6, 6.07) is 5.51. The molecule has 0 radical (unpaired) electrons. The van der Waals surface area contributed by atoms with Gasteiger partial charge in [-0.05, 0) is 44.0 Å². The predicted molar refractivity (Wildman–Crippen MR) is 80.6 cm³/mol. The van der Waals surface area contributed by atoms with Crippen molar-refractivity contribution in [3.8, 4) is 0 Å². The van der Waals surface area contributed by atoms with Crippen molar-refractivity contribution in [2.45, 2.75) is 38.8 Å². The summed E-state index contributed by atoms with van der Waals surface area (Å²) in [5.41, 5.74) is 1.68. The van der Waals surface area contributed by atoms with Crippen LogP contribution in [0.25, 0.3) is 0 Å². The van der Waals surface area contributed by atoms with Crippen LogP contribution in [0.3, 0.4) is 0 Å². The van der Waals surface area contributed by atoms with Gasteiger partial charge >= 0.3 is 0 Å². The summed E-state index contributed by atoms with van der Waals surface area (Å²) in [5, 5.41) is 3.04. The number of piperidine rings is 1. The molecule has 1 aromatic rings. The molecule has 1 unspecified atom stereocenters. The topological polar surface area (TPSA) is 24.5 Å². The maximum atomic E-state index is 14.2. The van der Waals surface area contributed by atoms with Crippen molar-refractivity contribution < 1.29 is 9.13 Å². The number of hydrogen-bond acceptors (Lipinski definition) is 3. The monoisotopic (exact) mass is 280 g/mol. The second-order valence-corrected chi connectivity index (χ2v) is 5.40. The third kappa shape index (κ3) is 3.93.